The number of nitrogens with zero attached hydrogens (tertiary/aromatic N) is 1. The molecule has 3 rings (SSSR count). The van der Waals surface area contributed by atoms with E-state index in [1.807, 2.05) is 57.2 Å². The van der Waals surface area contributed by atoms with Crippen molar-refractivity contribution in [1.82, 2.24) is 0 Å². The maximum absolute atomic E-state index is 6.13. The third kappa shape index (κ3) is 4.67. The SMILES string of the molecule is CC(C)Oc1ccc(N2CCC(Oc3ccc(C(C)N)cc3)C2)cc1. The Balaban J connectivity index is 1.56. The van der Waals surface area contributed by atoms with Gasteiger partial charge in [-0.2, -0.15) is 0 Å². The zero-order valence-corrected chi connectivity index (χ0v) is 15.3. The Morgan fingerprint density at radius 1 is 0.960 bits per heavy atom. The highest BCUT2D eigenvalue weighted by Gasteiger charge is 2.24. The second kappa shape index (κ2) is 7.79. The molecule has 2 N–H and O–H groups in total. The van der Waals surface area contributed by atoms with Crippen molar-refractivity contribution in [1.29, 1.82) is 0 Å². The number of nitrogens with two attached hydrogens (primary N) is 1. The molecule has 25 heavy (non-hydrogen) atoms. The molecule has 0 aliphatic carbocycles. The number of rotatable bonds is 6. The maximum atomic E-state index is 6.13. The molecule has 4 nitrogen and oxygen atoms in total. The zero-order valence-electron chi connectivity index (χ0n) is 15.3. The zero-order chi connectivity index (χ0) is 17.8. The molecule has 0 spiro atoms. The molecule has 2 atom stereocenters. The van der Waals surface area contributed by atoms with Crippen molar-refractivity contribution >= 4 is 5.69 Å². The first kappa shape index (κ1) is 17.6. The van der Waals surface area contributed by atoms with E-state index in [4.69, 9.17) is 15.2 Å². The molecule has 0 radical (unpaired) electrons. The third-order valence-electron chi connectivity index (χ3n) is 4.43. The standard InChI is InChI=1S/C21H28N2O2/c1-15(2)24-19-10-6-18(7-11-19)23-13-12-21(14-23)25-20-8-4-17(5-9-20)16(3)22/h4-11,15-16,21H,12-14,22H2,1-3H3. The van der Waals surface area contributed by atoms with Gasteiger partial charge in [-0.1, -0.05) is 12.1 Å². The van der Waals surface area contributed by atoms with Crippen LogP contribution in [0.4, 0.5) is 5.69 Å². The highest BCUT2D eigenvalue weighted by molar-refractivity contribution is 5.50. The van der Waals surface area contributed by atoms with E-state index in [2.05, 4.69) is 17.0 Å². The monoisotopic (exact) mass is 340 g/mol. The Bertz CT molecular complexity index is 665. The Labute approximate surface area is 150 Å². The number of benzene rings is 2. The molecule has 1 aliphatic rings. The Morgan fingerprint density at radius 2 is 1.60 bits per heavy atom. The van der Waals surface area contributed by atoms with Gasteiger partial charge < -0.3 is 20.1 Å². The molecule has 1 heterocycles. The van der Waals surface area contributed by atoms with Crippen LogP contribution in [0.25, 0.3) is 0 Å². The van der Waals surface area contributed by atoms with Crippen molar-refractivity contribution in [3.63, 3.8) is 0 Å². The average molecular weight is 340 g/mol. The summed E-state index contributed by atoms with van der Waals surface area (Å²) < 4.78 is 11.8. The van der Waals surface area contributed by atoms with Crippen molar-refractivity contribution in [2.24, 2.45) is 5.73 Å². The first-order valence-corrected chi connectivity index (χ1v) is 9.05. The van der Waals surface area contributed by atoms with Crippen LogP contribution in [0.5, 0.6) is 11.5 Å². The van der Waals surface area contributed by atoms with Crippen LogP contribution in [-0.2, 0) is 0 Å². The summed E-state index contributed by atoms with van der Waals surface area (Å²) >= 11 is 0. The second-order valence-corrected chi connectivity index (χ2v) is 6.99. The summed E-state index contributed by atoms with van der Waals surface area (Å²) in [5.41, 5.74) is 8.24. The van der Waals surface area contributed by atoms with Gasteiger partial charge in [-0.05, 0) is 62.7 Å². The summed E-state index contributed by atoms with van der Waals surface area (Å²) in [7, 11) is 0. The maximum Gasteiger partial charge on any atom is 0.119 e. The lowest BCUT2D eigenvalue weighted by atomic mass is 10.1. The van der Waals surface area contributed by atoms with Crippen molar-refractivity contribution in [3.8, 4) is 11.5 Å². The van der Waals surface area contributed by atoms with Gasteiger partial charge in [0.25, 0.3) is 0 Å². The molecule has 1 saturated heterocycles. The normalized spacial score (nSPS) is 18.4. The minimum absolute atomic E-state index is 0.0543. The molecule has 0 saturated carbocycles. The minimum Gasteiger partial charge on any atom is -0.491 e. The molecule has 2 aromatic carbocycles. The predicted octanol–water partition coefficient (Wildman–Crippen LogP) is 4.15. The molecule has 1 fully saturated rings. The average Bonchev–Trinajstić information content (AvgIpc) is 3.04. The summed E-state index contributed by atoms with van der Waals surface area (Å²) in [6, 6.07) is 16.5. The lowest BCUT2D eigenvalue weighted by molar-refractivity contribution is 0.225. The molecule has 2 unspecified atom stereocenters. The molecule has 4 heteroatoms. The summed E-state index contributed by atoms with van der Waals surface area (Å²) in [5.74, 6) is 1.83. The van der Waals surface area contributed by atoms with E-state index < -0.39 is 0 Å². The van der Waals surface area contributed by atoms with Crippen LogP contribution in [0, 0.1) is 0 Å². The summed E-state index contributed by atoms with van der Waals surface area (Å²) in [6.45, 7) is 7.97. The minimum atomic E-state index is 0.0543. The number of hydrogen-bond donors (Lipinski definition) is 1. The molecule has 1 aliphatic heterocycles. The molecule has 2 aromatic rings. The number of anilines is 1. The smallest absolute Gasteiger partial charge is 0.119 e. The highest BCUT2D eigenvalue weighted by Crippen LogP contribution is 2.26. The van der Waals surface area contributed by atoms with E-state index in [9.17, 15) is 0 Å². The van der Waals surface area contributed by atoms with Crippen molar-refractivity contribution in [2.75, 3.05) is 18.0 Å². The van der Waals surface area contributed by atoms with Gasteiger partial charge >= 0.3 is 0 Å². The Kier molecular flexibility index (Phi) is 5.49. The van der Waals surface area contributed by atoms with Crippen LogP contribution in [0.3, 0.4) is 0 Å². The van der Waals surface area contributed by atoms with Crippen molar-refractivity contribution < 1.29 is 9.47 Å². The quantitative estimate of drug-likeness (QED) is 0.858. The van der Waals surface area contributed by atoms with E-state index in [-0.39, 0.29) is 18.2 Å². The highest BCUT2D eigenvalue weighted by atomic mass is 16.5. The first-order chi connectivity index (χ1) is 12.0. The van der Waals surface area contributed by atoms with Crippen LogP contribution < -0.4 is 20.1 Å². The molecular formula is C21H28N2O2. The second-order valence-electron chi connectivity index (χ2n) is 6.99. The number of hydrogen-bond acceptors (Lipinski definition) is 4. The first-order valence-electron chi connectivity index (χ1n) is 9.05. The van der Waals surface area contributed by atoms with Gasteiger partial charge in [0, 0.05) is 24.7 Å². The summed E-state index contributed by atoms with van der Waals surface area (Å²) in [6.07, 6.45) is 1.44. The van der Waals surface area contributed by atoms with E-state index in [0.717, 1.165) is 36.6 Å². The third-order valence-corrected chi connectivity index (χ3v) is 4.43. The fraction of sp³-hybridized carbons (Fsp3) is 0.429. The van der Waals surface area contributed by atoms with E-state index >= 15 is 0 Å². The lowest BCUT2D eigenvalue weighted by Gasteiger charge is -2.20. The Morgan fingerprint density at radius 3 is 2.20 bits per heavy atom. The summed E-state index contributed by atoms with van der Waals surface area (Å²) in [5, 5.41) is 0. The van der Waals surface area contributed by atoms with Gasteiger partial charge in [-0.15, -0.1) is 0 Å². The lowest BCUT2D eigenvalue weighted by Crippen LogP contribution is -2.24. The van der Waals surface area contributed by atoms with Crippen molar-refractivity contribution in [2.45, 2.75) is 45.4 Å². The van der Waals surface area contributed by atoms with E-state index in [1.54, 1.807) is 0 Å². The van der Waals surface area contributed by atoms with Crippen LogP contribution >= 0.6 is 0 Å². The molecule has 0 amide bonds. The fourth-order valence-corrected chi connectivity index (χ4v) is 3.11. The van der Waals surface area contributed by atoms with E-state index in [0.29, 0.717) is 0 Å². The van der Waals surface area contributed by atoms with Gasteiger partial charge in [-0.25, -0.2) is 0 Å². The van der Waals surface area contributed by atoms with Gasteiger partial charge in [0.05, 0.1) is 12.6 Å². The molecular weight excluding hydrogens is 312 g/mol. The van der Waals surface area contributed by atoms with Gasteiger partial charge in [0.15, 0.2) is 0 Å². The fourth-order valence-electron chi connectivity index (χ4n) is 3.11. The predicted molar refractivity (Wildman–Crippen MR) is 102 cm³/mol. The summed E-state index contributed by atoms with van der Waals surface area (Å²) in [4.78, 5) is 2.36. The van der Waals surface area contributed by atoms with Gasteiger partial charge in [0.2, 0.25) is 0 Å². The van der Waals surface area contributed by atoms with Crippen LogP contribution in [-0.4, -0.2) is 25.3 Å². The largest absolute Gasteiger partial charge is 0.491 e. The van der Waals surface area contributed by atoms with Gasteiger partial charge in [0.1, 0.15) is 17.6 Å². The van der Waals surface area contributed by atoms with Crippen LogP contribution in [0.15, 0.2) is 48.5 Å². The molecule has 134 valence electrons. The van der Waals surface area contributed by atoms with Gasteiger partial charge in [-0.3, -0.25) is 0 Å². The van der Waals surface area contributed by atoms with E-state index in [1.165, 1.54) is 5.69 Å². The van der Waals surface area contributed by atoms with Crippen LogP contribution in [0.2, 0.25) is 0 Å². The molecule has 0 bridgehead atoms. The van der Waals surface area contributed by atoms with Crippen molar-refractivity contribution in [3.05, 3.63) is 54.1 Å². The topological polar surface area (TPSA) is 47.7 Å². The van der Waals surface area contributed by atoms with Crippen LogP contribution in [0.1, 0.15) is 38.8 Å². The number of ether oxygens (including phenoxy) is 2. The Hall–Kier alpha value is -2.20. The molecule has 0 aromatic heterocycles.